The maximum absolute atomic E-state index is 12.0. The van der Waals surface area contributed by atoms with Crippen LogP contribution in [0.15, 0.2) is 0 Å². The number of carbonyl (C=O) groups is 2. The van der Waals surface area contributed by atoms with Gasteiger partial charge in [0, 0.05) is 13.1 Å². The molecule has 5 nitrogen and oxygen atoms in total. The van der Waals surface area contributed by atoms with Gasteiger partial charge in [-0.1, -0.05) is 0 Å². The molecule has 0 aromatic rings. The van der Waals surface area contributed by atoms with E-state index >= 15 is 0 Å². The third-order valence-electron chi connectivity index (χ3n) is 3.14. The number of amides is 2. The quantitative estimate of drug-likeness (QED) is 0.590. The first-order chi connectivity index (χ1) is 7.20. The Hall–Kier alpha value is -1.10. The molecule has 5 heteroatoms. The highest BCUT2D eigenvalue weighted by Crippen LogP contribution is 2.12. The van der Waals surface area contributed by atoms with Crippen molar-refractivity contribution in [3.8, 4) is 0 Å². The second kappa shape index (κ2) is 4.18. The fourth-order valence-electron chi connectivity index (χ4n) is 2.18. The van der Waals surface area contributed by atoms with Crippen LogP contribution in [-0.2, 0) is 9.59 Å². The molecule has 2 aliphatic heterocycles. The molecule has 1 unspecified atom stereocenters. The number of nitrogens with zero attached hydrogens (tertiary/aromatic N) is 1. The maximum atomic E-state index is 12.0. The number of rotatable bonds is 1. The van der Waals surface area contributed by atoms with Gasteiger partial charge in [-0.15, -0.1) is 0 Å². The number of carbonyl (C=O) groups excluding carboxylic acids is 2. The molecule has 0 saturated carbocycles. The van der Waals surface area contributed by atoms with Gasteiger partial charge in [-0.3, -0.25) is 9.59 Å². The Kier molecular flexibility index (Phi) is 2.90. The average molecular weight is 211 g/mol. The zero-order valence-corrected chi connectivity index (χ0v) is 8.95. The second-order valence-electron chi connectivity index (χ2n) is 4.15. The molecule has 2 heterocycles. The highest BCUT2D eigenvalue weighted by molar-refractivity contribution is 5.90. The van der Waals surface area contributed by atoms with E-state index in [1.54, 1.807) is 11.8 Å². The van der Waals surface area contributed by atoms with Crippen molar-refractivity contribution in [2.24, 2.45) is 0 Å². The van der Waals surface area contributed by atoms with E-state index < -0.39 is 0 Å². The predicted molar refractivity (Wildman–Crippen MR) is 55.2 cm³/mol. The molecule has 0 bridgehead atoms. The van der Waals surface area contributed by atoms with Gasteiger partial charge in [0.25, 0.3) is 0 Å². The van der Waals surface area contributed by atoms with Crippen LogP contribution in [0.25, 0.3) is 0 Å². The fraction of sp³-hybridized carbons (Fsp3) is 0.800. The Bertz CT molecular complexity index is 274. The van der Waals surface area contributed by atoms with Gasteiger partial charge in [0.05, 0.1) is 6.04 Å². The van der Waals surface area contributed by atoms with Gasteiger partial charge in [0.15, 0.2) is 0 Å². The van der Waals surface area contributed by atoms with Crippen molar-refractivity contribution in [1.82, 2.24) is 15.5 Å². The molecule has 2 N–H and O–H groups in total. The number of hydrogen-bond donors (Lipinski definition) is 2. The molecule has 2 aliphatic rings. The minimum atomic E-state index is -0.325. The smallest absolute Gasteiger partial charge is 0.242 e. The Morgan fingerprint density at radius 2 is 2.27 bits per heavy atom. The summed E-state index contributed by atoms with van der Waals surface area (Å²) in [6.07, 6.45) is 1.94. The molecule has 84 valence electrons. The molecule has 0 radical (unpaired) electrons. The normalized spacial score (nSPS) is 31.5. The summed E-state index contributed by atoms with van der Waals surface area (Å²) in [6.45, 7) is 3.89. The van der Waals surface area contributed by atoms with Crippen LogP contribution in [0.4, 0.5) is 0 Å². The van der Waals surface area contributed by atoms with Gasteiger partial charge >= 0.3 is 0 Å². The summed E-state index contributed by atoms with van der Waals surface area (Å²) in [7, 11) is 0. The third-order valence-corrected chi connectivity index (χ3v) is 3.14. The van der Waals surface area contributed by atoms with E-state index in [4.69, 9.17) is 0 Å². The summed E-state index contributed by atoms with van der Waals surface area (Å²) in [4.78, 5) is 25.1. The first-order valence-corrected chi connectivity index (χ1v) is 5.52. The highest BCUT2D eigenvalue weighted by atomic mass is 16.2. The van der Waals surface area contributed by atoms with Gasteiger partial charge in [-0.2, -0.15) is 0 Å². The molecular formula is C10H17N3O2. The van der Waals surface area contributed by atoms with Gasteiger partial charge < -0.3 is 15.5 Å². The van der Waals surface area contributed by atoms with Gasteiger partial charge in [-0.25, -0.2) is 0 Å². The fourth-order valence-corrected chi connectivity index (χ4v) is 2.18. The summed E-state index contributed by atoms with van der Waals surface area (Å²) in [5.74, 6) is 0.0300. The second-order valence-corrected chi connectivity index (χ2v) is 4.15. The average Bonchev–Trinajstić information content (AvgIpc) is 2.74. The van der Waals surface area contributed by atoms with Crippen molar-refractivity contribution in [3.05, 3.63) is 0 Å². The largest absolute Gasteiger partial charge is 0.353 e. The van der Waals surface area contributed by atoms with E-state index in [0.717, 1.165) is 19.4 Å². The van der Waals surface area contributed by atoms with Gasteiger partial charge in [0.1, 0.15) is 6.04 Å². The van der Waals surface area contributed by atoms with E-state index in [0.29, 0.717) is 13.1 Å². The maximum Gasteiger partial charge on any atom is 0.242 e. The summed E-state index contributed by atoms with van der Waals surface area (Å²) in [5.41, 5.74) is 0. The van der Waals surface area contributed by atoms with Gasteiger partial charge in [-0.05, 0) is 26.3 Å². The van der Waals surface area contributed by atoms with Crippen molar-refractivity contribution in [2.75, 3.05) is 19.6 Å². The Morgan fingerprint density at radius 3 is 2.93 bits per heavy atom. The molecule has 0 aliphatic carbocycles. The molecule has 2 fully saturated rings. The van der Waals surface area contributed by atoms with Crippen LogP contribution in [0, 0.1) is 0 Å². The van der Waals surface area contributed by atoms with E-state index in [2.05, 4.69) is 10.6 Å². The van der Waals surface area contributed by atoms with E-state index in [9.17, 15) is 9.59 Å². The summed E-state index contributed by atoms with van der Waals surface area (Å²) in [6, 6.07) is -0.396. The minimum Gasteiger partial charge on any atom is -0.353 e. The number of hydrogen-bond acceptors (Lipinski definition) is 3. The minimum absolute atomic E-state index is 0.0485. The molecule has 0 aromatic heterocycles. The SMILES string of the molecule is CC1C(=O)NCCN1C(=O)[C@H]1CCCN1. The van der Waals surface area contributed by atoms with Crippen LogP contribution < -0.4 is 10.6 Å². The Balaban J connectivity index is 2.01. The summed E-state index contributed by atoms with van der Waals surface area (Å²) in [5, 5.41) is 5.92. The number of nitrogens with one attached hydrogen (secondary N) is 2. The molecule has 15 heavy (non-hydrogen) atoms. The van der Waals surface area contributed by atoms with Crippen LogP contribution in [0.1, 0.15) is 19.8 Å². The van der Waals surface area contributed by atoms with Crippen LogP contribution in [0.5, 0.6) is 0 Å². The van der Waals surface area contributed by atoms with Crippen LogP contribution in [0.2, 0.25) is 0 Å². The van der Waals surface area contributed by atoms with Crippen molar-refractivity contribution in [2.45, 2.75) is 31.8 Å². The van der Waals surface area contributed by atoms with Crippen molar-refractivity contribution < 1.29 is 9.59 Å². The highest BCUT2D eigenvalue weighted by Gasteiger charge is 2.34. The first-order valence-electron chi connectivity index (χ1n) is 5.52. The zero-order valence-electron chi connectivity index (χ0n) is 8.95. The zero-order chi connectivity index (χ0) is 10.8. The lowest BCUT2D eigenvalue weighted by Gasteiger charge is -2.34. The summed E-state index contributed by atoms with van der Waals surface area (Å²) < 4.78 is 0. The molecule has 0 spiro atoms. The molecular weight excluding hydrogens is 194 g/mol. The van der Waals surface area contributed by atoms with Crippen molar-refractivity contribution in [1.29, 1.82) is 0 Å². The van der Waals surface area contributed by atoms with E-state index in [1.165, 1.54) is 0 Å². The van der Waals surface area contributed by atoms with Crippen molar-refractivity contribution >= 4 is 11.8 Å². The van der Waals surface area contributed by atoms with E-state index in [-0.39, 0.29) is 23.9 Å². The topological polar surface area (TPSA) is 61.4 Å². The van der Waals surface area contributed by atoms with Crippen LogP contribution in [0.3, 0.4) is 0 Å². The lowest BCUT2D eigenvalue weighted by atomic mass is 10.1. The third kappa shape index (κ3) is 1.97. The standard InChI is InChI=1S/C10H17N3O2/c1-7-9(14)12-5-6-13(7)10(15)8-3-2-4-11-8/h7-8,11H,2-6H2,1H3,(H,12,14)/t7?,8-/m1/s1. The van der Waals surface area contributed by atoms with Crippen LogP contribution in [-0.4, -0.2) is 48.4 Å². The van der Waals surface area contributed by atoms with Crippen molar-refractivity contribution in [3.63, 3.8) is 0 Å². The molecule has 0 aromatic carbocycles. The lowest BCUT2D eigenvalue weighted by molar-refractivity contribution is -0.143. The molecule has 2 atom stereocenters. The first kappa shape index (κ1) is 10.4. The molecule has 2 saturated heterocycles. The van der Waals surface area contributed by atoms with Gasteiger partial charge in [0.2, 0.25) is 11.8 Å². The molecule has 2 rings (SSSR count). The monoisotopic (exact) mass is 211 g/mol. The Morgan fingerprint density at radius 1 is 1.47 bits per heavy atom. The Labute approximate surface area is 89.2 Å². The molecule has 2 amide bonds. The van der Waals surface area contributed by atoms with Crippen LogP contribution >= 0.6 is 0 Å². The number of piperazine rings is 1. The summed E-state index contributed by atoms with van der Waals surface area (Å²) >= 11 is 0. The predicted octanol–water partition coefficient (Wildman–Crippen LogP) is -0.915. The van der Waals surface area contributed by atoms with E-state index in [1.807, 2.05) is 0 Å². The lowest BCUT2D eigenvalue weighted by Crippen LogP contribution is -2.59.